The summed E-state index contributed by atoms with van der Waals surface area (Å²) in [5, 5.41) is 17.5. The molecule has 0 radical (unpaired) electrons. The first-order chi connectivity index (χ1) is 12.7. The van der Waals surface area contributed by atoms with Crippen LogP contribution in [0.5, 0.6) is 0 Å². The van der Waals surface area contributed by atoms with Crippen LogP contribution in [0, 0.1) is 5.41 Å². The van der Waals surface area contributed by atoms with Gasteiger partial charge in [0.15, 0.2) is 0 Å². The summed E-state index contributed by atoms with van der Waals surface area (Å²) in [4.78, 5) is 14.1. The van der Waals surface area contributed by atoms with Crippen LogP contribution in [0.2, 0.25) is 0 Å². The molecule has 1 atom stereocenters. The fraction of sp³-hybridized carbons (Fsp3) is 0.500. The Kier molecular flexibility index (Phi) is 4.78. The number of likely N-dealkylation sites (tertiary alicyclic amines) is 1. The molecule has 138 valence electrons. The first-order valence-electron chi connectivity index (χ1n) is 9.37. The standard InChI is InChI=1S/C20H26N4O2/c25-19(26)18-12-20(6-9-21-10-7-20)15-23(18)13-16-4-1-2-5-17(16)14-24-11-3-8-22-24/h1-5,8,11,18,21H,6-7,9-10,12-15H2,(H,25,26). The zero-order valence-corrected chi connectivity index (χ0v) is 15.0. The summed E-state index contributed by atoms with van der Waals surface area (Å²) in [6.07, 6.45) is 6.65. The topological polar surface area (TPSA) is 70.4 Å². The molecule has 1 aromatic heterocycles. The summed E-state index contributed by atoms with van der Waals surface area (Å²) in [7, 11) is 0. The molecule has 6 heteroatoms. The van der Waals surface area contributed by atoms with Crippen LogP contribution in [0.1, 0.15) is 30.4 Å². The molecule has 0 amide bonds. The minimum absolute atomic E-state index is 0.158. The van der Waals surface area contributed by atoms with Gasteiger partial charge in [0, 0.05) is 25.5 Å². The van der Waals surface area contributed by atoms with E-state index in [2.05, 4.69) is 27.4 Å². The van der Waals surface area contributed by atoms with Gasteiger partial charge in [0.25, 0.3) is 0 Å². The quantitative estimate of drug-likeness (QED) is 0.859. The van der Waals surface area contributed by atoms with E-state index in [9.17, 15) is 9.90 Å². The van der Waals surface area contributed by atoms with Crippen molar-refractivity contribution in [2.45, 2.75) is 38.4 Å². The summed E-state index contributed by atoms with van der Waals surface area (Å²) < 4.78 is 1.91. The Labute approximate surface area is 153 Å². The normalized spacial score (nSPS) is 22.7. The van der Waals surface area contributed by atoms with Gasteiger partial charge in [-0.3, -0.25) is 14.4 Å². The molecule has 4 rings (SSSR count). The molecule has 1 aromatic carbocycles. The van der Waals surface area contributed by atoms with Gasteiger partial charge >= 0.3 is 5.97 Å². The molecule has 26 heavy (non-hydrogen) atoms. The second-order valence-electron chi connectivity index (χ2n) is 7.69. The number of hydrogen-bond acceptors (Lipinski definition) is 4. The van der Waals surface area contributed by atoms with E-state index in [1.807, 2.05) is 29.1 Å². The summed E-state index contributed by atoms with van der Waals surface area (Å²) in [6, 6.07) is 9.84. The number of carboxylic acids is 1. The lowest BCUT2D eigenvalue weighted by atomic mass is 9.77. The molecule has 0 bridgehead atoms. The average Bonchev–Trinajstić information content (AvgIpc) is 3.26. The zero-order valence-electron chi connectivity index (χ0n) is 15.0. The number of carbonyl (C=O) groups is 1. The Hall–Kier alpha value is -2.18. The molecular formula is C20H26N4O2. The minimum atomic E-state index is -0.690. The summed E-state index contributed by atoms with van der Waals surface area (Å²) in [5.41, 5.74) is 2.55. The Morgan fingerprint density at radius 1 is 1.19 bits per heavy atom. The number of aromatic nitrogens is 2. The number of nitrogens with one attached hydrogen (secondary N) is 1. The summed E-state index contributed by atoms with van der Waals surface area (Å²) in [5.74, 6) is -0.690. The van der Waals surface area contributed by atoms with E-state index in [4.69, 9.17) is 0 Å². The largest absolute Gasteiger partial charge is 0.480 e. The highest BCUT2D eigenvalue weighted by Gasteiger charge is 2.47. The van der Waals surface area contributed by atoms with E-state index in [0.29, 0.717) is 13.1 Å². The lowest BCUT2D eigenvalue weighted by molar-refractivity contribution is -0.142. The van der Waals surface area contributed by atoms with Crippen LogP contribution >= 0.6 is 0 Å². The van der Waals surface area contributed by atoms with Crippen molar-refractivity contribution in [3.63, 3.8) is 0 Å². The van der Waals surface area contributed by atoms with Crippen LogP contribution in [-0.2, 0) is 17.9 Å². The van der Waals surface area contributed by atoms with Gasteiger partial charge in [-0.25, -0.2) is 0 Å². The van der Waals surface area contributed by atoms with Gasteiger partial charge in [0.05, 0.1) is 6.54 Å². The van der Waals surface area contributed by atoms with Crippen LogP contribution in [-0.4, -0.2) is 51.4 Å². The van der Waals surface area contributed by atoms with Gasteiger partial charge in [-0.15, -0.1) is 0 Å². The predicted molar refractivity (Wildman–Crippen MR) is 98.8 cm³/mol. The van der Waals surface area contributed by atoms with Gasteiger partial charge in [0.1, 0.15) is 6.04 Å². The van der Waals surface area contributed by atoms with E-state index in [1.54, 1.807) is 6.20 Å². The van der Waals surface area contributed by atoms with Crippen molar-refractivity contribution >= 4 is 5.97 Å². The fourth-order valence-corrected chi connectivity index (χ4v) is 4.53. The highest BCUT2D eigenvalue weighted by molar-refractivity contribution is 5.74. The third-order valence-electron chi connectivity index (χ3n) is 5.94. The smallest absolute Gasteiger partial charge is 0.320 e. The SMILES string of the molecule is O=C(O)C1CC2(CCNCC2)CN1Cc1ccccc1Cn1cccn1. The molecule has 2 fully saturated rings. The molecule has 1 unspecified atom stereocenters. The molecule has 2 aliphatic rings. The van der Waals surface area contributed by atoms with Crippen molar-refractivity contribution in [3.8, 4) is 0 Å². The molecule has 0 aliphatic carbocycles. The molecule has 2 N–H and O–H groups in total. The maximum absolute atomic E-state index is 11.9. The predicted octanol–water partition coefficient (Wildman–Crippen LogP) is 1.96. The first kappa shape index (κ1) is 17.2. The third kappa shape index (κ3) is 3.52. The Morgan fingerprint density at radius 3 is 2.58 bits per heavy atom. The molecular weight excluding hydrogens is 328 g/mol. The minimum Gasteiger partial charge on any atom is -0.480 e. The monoisotopic (exact) mass is 354 g/mol. The zero-order chi connectivity index (χ0) is 18.0. The second-order valence-corrected chi connectivity index (χ2v) is 7.69. The van der Waals surface area contributed by atoms with Crippen molar-refractivity contribution in [1.82, 2.24) is 20.0 Å². The van der Waals surface area contributed by atoms with Crippen LogP contribution < -0.4 is 5.32 Å². The molecule has 1 spiro atoms. The van der Waals surface area contributed by atoms with Crippen LogP contribution in [0.3, 0.4) is 0 Å². The molecule has 3 heterocycles. The van der Waals surface area contributed by atoms with E-state index in [0.717, 1.165) is 38.9 Å². The Morgan fingerprint density at radius 2 is 1.92 bits per heavy atom. The van der Waals surface area contributed by atoms with Gasteiger partial charge in [-0.1, -0.05) is 24.3 Å². The maximum atomic E-state index is 11.9. The van der Waals surface area contributed by atoms with Crippen molar-refractivity contribution in [3.05, 3.63) is 53.9 Å². The third-order valence-corrected chi connectivity index (χ3v) is 5.94. The number of rotatable bonds is 5. The highest BCUT2D eigenvalue weighted by Crippen LogP contribution is 2.42. The van der Waals surface area contributed by atoms with Gasteiger partial charge in [-0.2, -0.15) is 5.10 Å². The second kappa shape index (κ2) is 7.21. The van der Waals surface area contributed by atoms with E-state index >= 15 is 0 Å². The summed E-state index contributed by atoms with van der Waals surface area (Å²) in [6.45, 7) is 4.27. The van der Waals surface area contributed by atoms with Crippen molar-refractivity contribution in [1.29, 1.82) is 0 Å². The van der Waals surface area contributed by atoms with Crippen LogP contribution in [0.25, 0.3) is 0 Å². The number of piperidine rings is 1. The van der Waals surface area contributed by atoms with Crippen molar-refractivity contribution in [2.24, 2.45) is 5.41 Å². The number of aliphatic carboxylic acids is 1. The number of carboxylic acid groups (broad SMARTS) is 1. The first-order valence-corrected chi connectivity index (χ1v) is 9.37. The van der Waals surface area contributed by atoms with Crippen LogP contribution in [0.4, 0.5) is 0 Å². The lowest BCUT2D eigenvalue weighted by Gasteiger charge is -2.33. The molecule has 2 aliphatic heterocycles. The fourth-order valence-electron chi connectivity index (χ4n) is 4.53. The van der Waals surface area contributed by atoms with Crippen molar-refractivity contribution < 1.29 is 9.90 Å². The van der Waals surface area contributed by atoms with E-state index < -0.39 is 5.97 Å². The number of nitrogens with zero attached hydrogens (tertiary/aromatic N) is 3. The summed E-state index contributed by atoms with van der Waals surface area (Å²) >= 11 is 0. The van der Waals surface area contributed by atoms with E-state index in [-0.39, 0.29) is 11.5 Å². The van der Waals surface area contributed by atoms with Gasteiger partial charge in [0.2, 0.25) is 0 Å². The average molecular weight is 354 g/mol. The Balaban J connectivity index is 1.55. The Bertz CT molecular complexity index is 753. The number of benzene rings is 1. The van der Waals surface area contributed by atoms with Gasteiger partial charge < -0.3 is 10.4 Å². The molecule has 0 saturated carbocycles. The molecule has 2 aromatic rings. The maximum Gasteiger partial charge on any atom is 0.320 e. The molecule has 6 nitrogen and oxygen atoms in total. The van der Waals surface area contributed by atoms with Crippen LogP contribution in [0.15, 0.2) is 42.7 Å². The highest BCUT2D eigenvalue weighted by atomic mass is 16.4. The lowest BCUT2D eigenvalue weighted by Crippen LogP contribution is -2.38. The van der Waals surface area contributed by atoms with Gasteiger partial charge in [-0.05, 0) is 55.0 Å². The number of hydrogen-bond donors (Lipinski definition) is 2. The van der Waals surface area contributed by atoms with Crippen molar-refractivity contribution in [2.75, 3.05) is 19.6 Å². The molecule has 2 saturated heterocycles. The van der Waals surface area contributed by atoms with E-state index in [1.165, 1.54) is 11.1 Å².